The minimum Gasteiger partial charge on any atom is -0.367 e. The van der Waals surface area contributed by atoms with Crippen LogP contribution in [-0.4, -0.2) is 30.1 Å². The molecule has 2 aromatic heterocycles. The van der Waals surface area contributed by atoms with Crippen LogP contribution in [0.25, 0.3) is 0 Å². The predicted octanol–water partition coefficient (Wildman–Crippen LogP) is 2.36. The Morgan fingerprint density at radius 2 is 2.30 bits per heavy atom. The van der Waals surface area contributed by atoms with Crippen LogP contribution < -0.4 is 16.0 Å². The number of nitrogens with zero attached hydrogens (tertiary/aromatic N) is 2. The van der Waals surface area contributed by atoms with Crippen LogP contribution in [0.15, 0.2) is 35.2 Å². The summed E-state index contributed by atoms with van der Waals surface area (Å²) in [4.78, 5) is 15.9. The average molecular weight is 329 g/mol. The Kier molecular flexibility index (Phi) is 6.39. The molecule has 23 heavy (non-hydrogen) atoms. The first-order valence-electron chi connectivity index (χ1n) is 7.33. The molecule has 0 saturated heterocycles. The van der Waals surface area contributed by atoms with Crippen LogP contribution in [0.2, 0.25) is 0 Å². The molecule has 0 fully saturated rings. The molecular formula is C16H19N5OS. The molecule has 2 rings (SSSR count). The molecule has 2 aromatic rings. The van der Waals surface area contributed by atoms with Gasteiger partial charge in [-0.1, -0.05) is 0 Å². The summed E-state index contributed by atoms with van der Waals surface area (Å²) in [5.74, 6) is 0.531. The van der Waals surface area contributed by atoms with Crippen LogP contribution in [-0.2, 0) is 6.42 Å². The summed E-state index contributed by atoms with van der Waals surface area (Å²) in [5, 5.41) is 21.8. The van der Waals surface area contributed by atoms with Gasteiger partial charge in [-0.2, -0.15) is 16.6 Å². The van der Waals surface area contributed by atoms with Crippen molar-refractivity contribution in [3.8, 4) is 6.07 Å². The highest BCUT2D eigenvalue weighted by molar-refractivity contribution is 7.07. The van der Waals surface area contributed by atoms with E-state index in [0.29, 0.717) is 24.5 Å². The minimum atomic E-state index is -0.198. The maximum atomic E-state index is 11.8. The van der Waals surface area contributed by atoms with Gasteiger partial charge in [0.2, 0.25) is 0 Å². The second kappa shape index (κ2) is 8.76. The van der Waals surface area contributed by atoms with Gasteiger partial charge in [-0.05, 0) is 47.9 Å². The van der Waals surface area contributed by atoms with E-state index in [2.05, 4.69) is 38.4 Å². The number of hydrogen-bond acceptors (Lipinski definition) is 5. The predicted molar refractivity (Wildman–Crippen MR) is 91.5 cm³/mol. The van der Waals surface area contributed by atoms with Crippen molar-refractivity contribution in [2.75, 3.05) is 18.4 Å². The summed E-state index contributed by atoms with van der Waals surface area (Å²) in [6.07, 6.45) is 2.43. The lowest BCUT2D eigenvalue weighted by Gasteiger charge is -2.14. The van der Waals surface area contributed by atoms with E-state index in [1.807, 2.05) is 12.3 Å². The average Bonchev–Trinajstić information content (AvgIpc) is 3.04. The molecule has 6 nitrogen and oxygen atoms in total. The summed E-state index contributed by atoms with van der Waals surface area (Å²) in [7, 11) is 0. The molecule has 2 amide bonds. The summed E-state index contributed by atoms with van der Waals surface area (Å²) < 4.78 is 0. The van der Waals surface area contributed by atoms with E-state index in [4.69, 9.17) is 5.26 Å². The SMILES string of the molecule is C[C@@H](Cc1ccsc1)NC(=O)NCCNc1ncccc1C#N. The molecule has 0 aliphatic rings. The highest BCUT2D eigenvalue weighted by Gasteiger charge is 2.08. The lowest BCUT2D eigenvalue weighted by molar-refractivity contribution is 0.238. The largest absolute Gasteiger partial charge is 0.367 e. The van der Waals surface area contributed by atoms with Crippen molar-refractivity contribution in [1.82, 2.24) is 15.6 Å². The molecule has 0 aliphatic carbocycles. The molecule has 0 aliphatic heterocycles. The molecule has 1 atom stereocenters. The van der Waals surface area contributed by atoms with Gasteiger partial charge in [0, 0.05) is 25.3 Å². The van der Waals surface area contributed by atoms with Crippen LogP contribution in [0.5, 0.6) is 0 Å². The molecular weight excluding hydrogens is 310 g/mol. The van der Waals surface area contributed by atoms with E-state index >= 15 is 0 Å². The Hall–Kier alpha value is -2.59. The molecule has 0 radical (unpaired) electrons. The Balaban J connectivity index is 1.66. The topological polar surface area (TPSA) is 89.8 Å². The van der Waals surface area contributed by atoms with Crippen molar-refractivity contribution < 1.29 is 4.79 Å². The van der Waals surface area contributed by atoms with Crippen LogP contribution in [0.4, 0.5) is 10.6 Å². The monoisotopic (exact) mass is 329 g/mol. The number of anilines is 1. The molecule has 0 bridgehead atoms. The molecule has 3 N–H and O–H groups in total. The zero-order valence-electron chi connectivity index (χ0n) is 12.9. The number of nitriles is 1. The second-order valence-corrected chi connectivity index (χ2v) is 5.86. The minimum absolute atomic E-state index is 0.0681. The standard InChI is InChI=1S/C16H19N5OS/c1-12(9-13-4-8-23-11-13)21-16(22)20-7-6-19-15-14(10-17)3-2-5-18-15/h2-5,8,11-12H,6-7,9H2,1H3,(H,18,19)(H2,20,21,22)/t12-/m0/s1. The molecule has 2 heterocycles. The molecule has 0 spiro atoms. The first-order chi connectivity index (χ1) is 11.2. The maximum Gasteiger partial charge on any atom is 0.315 e. The number of aromatic nitrogens is 1. The van der Waals surface area contributed by atoms with Gasteiger partial charge in [0.1, 0.15) is 11.9 Å². The Morgan fingerprint density at radius 1 is 1.43 bits per heavy atom. The van der Waals surface area contributed by atoms with Gasteiger partial charge >= 0.3 is 6.03 Å². The fourth-order valence-electron chi connectivity index (χ4n) is 2.08. The third-order valence-electron chi connectivity index (χ3n) is 3.13. The maximum absolute atomic E-state index is 11.8. The number of amides is 2. The molecule has 120 valence electrons. The first-order valence-corrected chi connectivity index (χ1v) is 8.27. The smallest absolute Gasteiger partial charge is 0.315 e. The number of pyridine rings is 1. The fraction of sp³-hybridized carbons (Fsp3) is 0.312. The number of urea groups is 1. The van der Waals surface area contributed by atoms with Gasteiger partial charge in [-0.15, -0.1) is 0 Å². The van der Waals surface area contributed by atoms with Crippen molar-refractivity contribution in [1.29, 1.82) is 5.26 Å². The van der Waals surface area contributed by atoms with Crippen molar-refractivity contribution in [2.24, 2.45) is 0 Å². The van der Waals surface area contributed by atoms with Crippen molar-refractivity contribution in [3.63, 3.8) is 0 Å². The van der Waals surface area contributed by atoms with E-state index < -0.39 is 0 Å². The highest BCUT2D eigenvalue weighted by Crippen LogP contribution is 2.09. The number of hydrogen-bond donors (Lipinski definition) is 3. The van der Waals surface area contributed by atoms with Gasteiger partial charge < -0.3 is 16.0 Å². The van der Waals surface area contributed by atoms with Crippen molar-refractivity contribution in [3.05, 3.63) is 46.3 Å². The summed E-state index contributed by atoms with van der Waals surface area (Å²) in [5.41, 5.74) is 1.71. The van der Waals surface area contributed by atoms with Crippen molar-refractivity contribution in [2.45, 2.75) is 19.4 Å². The van der Waals surface area contributed by atoms with E-state index in [9.17, 15) is 4.79 Å². The van der Waals surface area contributed by atoms with E-state index in [-0.39, 0.29) is 12.1 Å². The fourth-order valence-corrected chi connectivity index (χ4v) is 2.76. The summed E-state index contributed by atoms with van der Waals surface area (Å²) in [6, 6.07) is 7.41. The molecule has 7 heteroatoms. The van der Waals surface area contributed by atoms with E-state index in [0.717, 1.165) is 6.42 Å². The summed E-state index contributed by atoms with van der Waals surface area (Å²) in [6.45, 7) is 2.92. The number of rotatable bonds is 7. The Morgan fingerprint density at radius 3 is 3.04 bits per heavy atom. The normalized spacial score (nSPS) is 11.3. The van der Waals surface area contributed by atoms with Crippen molar-refractivity contribution >= 4 is 23.2 Å². The van der Waals surface area contributed by atoms with Gasteiger partial charge in [0.15, 0.2) is 0 Å². The van der Waals surface area contributed by atoms with Gasteiger partial charge in [0.25, 0.3) is 0 Å². The number of carbonyl (C=O) groups is 1. The number of thiophene rings is 1. The number of nitrogens with one attached hydrogen (secondary N) is 3. The zero-order chi connectivity index (χ0) is 16.5. The van der Waals surface area contributed by atoms with Gasteiger partial charge in [-0.3, -0.25) is 0 Å². The van der Waals surface area contributed by atoms with Crippen LogP contribution >= 0.6 is 11.3 Å². The summed E-state index contributed by atoms with van der Waals surface area (Å²) >= 11 is 1.65. The van der Waals surface area contributed by atoms with Gasteiger partial charge in [0.05, 0.1) is 5.56 Å². The van der Waals surface area contributed by atoms with E-state index in [1.54, 1.807) is 29.7 Å². The zero-order valence-corrected chi connectivity index (χ0v) is 13.7. The second-order valence-electron chi connectivity index (χ2n) is 5.08. The third-order valence-corrected chi connectivity index (χ3v) is 3.86. The lowest BCUT2D eigenvalue weighted by Crippen LogP contribution is -2.43. The van der Waals surface area contributed by atoms with Gasteiger partial charge in [-0.25, -0.2) is 9.78 Å². The Bertz CT molecular complexity index is 665. The lowest BCUT2D eigenvalue weighted by atomic mass is 10.1. The van der Waals surface area contributed by atoms with E-state index in [1.165, 1.54) is 5.56 Å². The van der Waals surface area contributed by atoms with Crippen LogP contribution in [0.1, 0.15) is 18.1 Å². The molecule has 0 unspecified atom stereocenters. The van der Waals surface area contributed by atoms with Crippen LogP contribution in [0.3, 0.4) is 0 Å². The van der Waals surface area contributed by atoms with Crippen LogP contribution in [0, 0.1) is 11.3 Å². The first kappa shape index (κ1) is 16.8. The number of carbonyl (C=O) groups excluding carboxylic acids is 1. The molecule has 0 aromatic carbocycles. The third kappa shape index (κ3) is 5.60. The quantitative estimate of drug-likeness (QED) is 0.680. The Labute approximate surface area is 139 Å². The highest BCUT2D eigenvalue weighted by atomic mass is 32.1. The molecule has 0 saturated carbocycles.